The fourth-order valence-corrected chi connectivity index (χ4v) is 1.94. The van der Waals surface area contributed by atoms with Gasteiger partial charge in [0.1, 0.15) is 16.5 Å². The van der Waals surface area contributed by atoms with E-state index in [1.807, 2.05) is 12.1 Å². The van der Waals surface area contributed by atoms with Crippen LogP contribution in [0.5, 0.6) is 11.5 Å². The van der Waals surface area contributed by atoms with Gasteiger partial charge >= 0.3 is 0 Å². The zero-order valence-corrected chi connectivity index (χ0v) is 9.75. The summed E-state index contributed by atoms with van der Waals surface area (Å²) in [6, 6.07) is 5.51. The molecule has 2 N–H and O–H groups in total. The summed E-state index contributed by atoms with van der Waals surface area (Å²) in [5.41, 5.74) is 6.35. The second-order valence-corrected chi connectivity index (χ2v) is 3.78. The minimum absolute atomic E-state index is 0.276. The first-order valence-corrected chi connectivity index (χ1v) is 5.33. The molecule has 0 aliphatic carbocycles. The topological polar surface area (TPSA) is 70.3 Å². The molecule has 1 aromatic carbocycles. The molecule has 0 bridgehead atoms. The average molecular weight is 237 g/mol. The molecule has 0 fully saturated rings. The van der Waals surface area contributed by atoms with Crippen molar-refractivity contribution in [3.8, 4) is 22.1 Å². The molecule has 6 heteroatoms. The molecule has 84 valence electrons. The van der Waals surface area contributed by atoms with Gasteiger partial charge in [0.15, 0.2) is 0 Å². The monoisotopic (exact) mass is 237 g/mol. The van der Waals surface area contributed by atoms with Crippen molar-refractivity contribution in [3.63, 3.8) is 0 Å². The molecule has 0 saturated carbocycles. The first kappa shape index (κ1) is 10.7. The summed E-state index contributed by atoms with van der Waals surface area (Å²) in [6.07, 6.45) is 0. The number of nitrogens with two attached hydrogens (primary N) is 1. The van der Waals surface area contributed by atoms with Gasteiger partial charge in [-0.05, 0) is 23.7 Å². The Morgan fingerprint density at radius 1 is 1.25 bits per heavy atom. The zero-order valence-electron chi connectivity index (χ0n) is 8.93. The SMILES string of the molecule is COc1ccc(-c2nc(N)ns2)c(OC)c1. The van der Waals surface area contributed by atoms with Crippen LogP contribution in [0.3, 0.4) is 0 Å². The smallest absolute Gasteiger partial charge is 0.232 e. The Kier molecular flexibility index (Phi) is 2.91. The second-order valence-electron chi connectivity index (χ2n) is 3.02. The van der Waals surface area contributed by atoms with Gasteiger partial charge in [-0.3, -0.25) is 0 Å². The van der Waals surface area contributed by atoms with Gasteiger partial charge in [0.2, 0.25) is 5.95 Å². The molecule has 1 aromatic heterocycles. The van der Waals surface area contributed by atoms with Crippen LogP contribution in [0.4, 0.5) is 5.95 Å². The van der Waals surface area contributed by atoms with Crippen LogP contribution in [0.1, 0.15) is 0 Å². The van der Waals surface area contributed by atoms with E-state index in [1.54, 1.807) is 20.3 Å². The number of anilines is 1. The Labute approximate surface area is 97.0 Å². The van der Waals surface area contributed by atoms with Crippen LogP contribution in [0, 0.1) is 0 Å². The van der Waals surface area contributed by atoms with E-state index in [9.17, 15) is 0 Å². The molecule has 2 rings (SSSR count). The molecule has 1 heterocycles. The van der Waals surface area contributed by atoms with E-state index in [0.29, 0.717) is 5.75 Å². The molecule has 0 aliphatic heterocycles. The summed E-state index contributed by atoms with van der Waals surface area (Å²) in [6.45, 7) is 0. The molecular formula is C10H11N3O2S. The maximum atomic E-state index is 5.49. The molecular weight excluding hydrogens is 226 g/mol. The van der Waals surface area contributed by atoms with Gasteiger partial charge in [0.05, 0.1) is 19.8 Å². The van der Waals surface area contributed by atoms with Crippen molar-refractivity contribution in [2.45, 2.75) is 0 Å². The summed E-state index contributed by atoms with van der Waals surface area (Å²) < 4.78 is 14.3. The lowest BCUT2D eigenvalue weighted by atomic mass is 10.2. The van der Waals surface area contributed by atoms with Gasteiger partial charge in [0.25, 0.3) is 0 Å². The van der Waals surface area contributed by atoms with Crippen LogP contribution in [-0.4, -0.2) is 23.6 Å². The normalized spacial score (nSPS) is 10.1. The van der Waals surface area contributed by atoms with E-state index in [0.717, 1.165) is 16.3 Å². The predicted octanol–water partition coefficient (Wildman–Crippen LogP) is 1.80. The fourth-order valence-electron chi connectivity index (χ4n) is 1.32. The van der Waals surface area contributed by atoms with E-state index >= 15 is 0 Å². The van der Waals surface area contributed by atoms with E-state index in [-0.39, 0.29) is 5.95 Å². The Balaban J connectivity index is 2.48. The number of aromatic nitrogens is 2. The number of methoxy groups -OCH3 is 2. The van der Waals surface area contributed by atoms with Crippen LogP contribution in [0.2, 0.25) is 0 Å². The van der Waals surface area contributed by atoms with Crippen LogP contribution < -0.4 is 15.2 Å². The average Bonchev–Trinajstić information content (AvgIpc) is 2.74. The Morgan fingerprint density at radius 3 is 2.62 bits per heavy atom. The summed E-state index contributed by atoms with van der Waals surface area (Å²) in [5.74, 6) is 1.70. The third kappa shape index (κ3) is 1.92. The van der Waals surface area contributed by atoms with E-state index in [1.165, 1.54) is 11.5 Å². The third-order valence-electron chi connectivity index (χ3n) is 2.08. The standard InChI is InChI=1S/C10H11N3O2S/c1-14-6-3-4-7(8(5-6)15-2)9-12-10(11)13-16-9/h3-5H,1-2H3,(H2,11,13). The molecule has 0 spiro atoms. The summed E-state index contributed by atoms with van der Waals surface area (Å²) >= 11 is 1.24. The van der Waals surface area contributed by atoms with Gasteiger partial charge in [0, 0.05) is 6.07 Å². The van der Waals surface area contributed by atoms with E-state index < -0.39 is 0 Å². The molecule has 0 saturated heterocycles. The van der Waals surface area contributed by atoms with Crippen molar-refractivity contribution in [2.24, 2.45) is 0 Å². The van der Waals surface area contributed by atoms with Crippen molar-refractivity contribution in [2.75, 3.05) is 20.0 Å². The number of ether oxygens (including phenoxy) is 2. The molecule has 2 aromatic rings. The predicted molar refractivity (Wildman–Crippen MR) is 62.9 cm³/mol. The highest BCUT2D eigenvalue weighted by Gasteiger charge is 2.11. The van der Waals surface area contributed by atoms with Crippen molar-refractivity contribution in [1.82, 2.24) is 9.36 Å². The van der Waals surface area contributed by atoms with Gasteiger partial charge in [-0.15, -0.1) is 0 Å². The second kappa shape index (κ2) is 4.36. The lowest BCUT2D eigenvalue weighted by Gasteiger charge is -2.07. The van der Waals surface area contributed by atoms with Gasteiger partial charge in [-0.1, -0.05) is 0 Å². The lowest BCUT2D eigenvalue weighted by molar-refractivity contribution is 0.395. The van der Waals surface area contributed by atoms with Crippen molar-refractivity contribution in [3.05, 3.63) is 18.2 Å². The highest BCUT2D eigenvalue weighted by molar-refractivity contribution is 7.09. The molecule has 0 atom stereocenters. The van der Waals surface area contributed by atoms with E-state index in [2.05, 4.69) is 9.36 Å². The Hall–Kier alpha value is -1.82. The maximum Gasteiger partial charge on any atom is 0.232 e. The van der Waals surface area contributed by atoms with Crippen molar-refractivity contribution in [1.29, 1.82) is 0 Å². The molecule has 0 unspecified atom stereocenters. The maximum absolute atomic E-state index is 5.49. The molecule has 16 heavy (non-hydrogen) atoms. The number of nitrogens with zero attached hydrogens (tertiary/aromatic N) is 2. The Morgan fingerprint density at radius 2 is 2.06 bits per heavy atom. The third-order valence-corrected chi connectivity index (χ3v) is 2.84. The molecule has 0 amide bonds. The Bertz CT molecular complexity index is 499. The fraction of sp³-hybridized carbons (Fsp3) is 0.200. The minimum atomic E-state index is 0.276. The highest BCUT2D eigenvalue weighted by Crippen LogP contribution is 2.34. The van der Waals surface area contributed by atoms with Crippen molar-refractivity contribution < 1.29 is 9.47 Å². The number of benzene rings is 1. The highest BCUT2D eigenvalue weighted by atomic mass is 32.1. The number of rotatable bonds is 3. The molecule has 0 aliphatic rings. The van der Waals surface area contributed by atoms with Crippen molar-refractivity contribution >= 4 is 17.5 Å². The first-order chi connectivity index (χ1) is 7.74. The largest absolute Gasteiger partial charge is 0.497 e. The quantitative estimate of drug-likeness (QED) is 0.881. The first-order valence-electron chi connectivity index (χ1n) is 4.56. The lowest BCUT2D eigenvalue weighted by Crippen LogP contribution is -1.91. The van der Waals surface area contributed by atoms with Crippen LogP contribution >= 0.6 is 11.5 Å². The van der Waals surface area contributed by atoms with Gasteiger partial charge < -0.3 is 15.2 Å². The minimum Gasteiger partial charge on any atom is -0.497 e. The zero-order chi connectivity index (χ0) is 11.5. The summed E-state index contributed by atoms with van der Waals surface area (Å²) in [4.78, 5) is 4.11. The number of nitrogen functional groups attached to an aromatic ring is 1. The molecule has 0 radical (unpaired) electrons. The van der Waals surface area contributed by atoms with Crippen LogP contribution in [-0.2, 0) is 0 Å². The summed E-state index contributed by atoms with van der Waals surface area (Å²) in [7, 11) is 3.21. The summed E-state index contributed by atoms with van der Waals surface area (Å²) in [5, 5.41) is 0.733. The van der Waals surface area contributed by atoms with E-state index in [4.69, 9.17) is 15.2 Å². The van der Waals surface area contributed by atoms with Crippen LogP contribution in [0.15, 0.2) is 18.2 Å². The van der Waals surface area contributed by atoms with Crippen LogP contribution in [0.25, 0.3) is 10.6 Å². The number of hydrogen-bond acceptors (Lipinski definition) is 6. The van der Waals surface area contributed by atoms with Gasteiger partial charge in [-0.2, -0.15) is 9.36 Å². The van der Waals surface area contributed by atoms with Gasteiger partial charge in [-0.25, -0.2) is 0 Å². The molecule has 5 nitrogen and oxygen atoms in total. The number of hydrogen-bond donors (Lipinski definition) is 1.